The number of aromatic nitrogens is 3. The summed E-state index contributed by atoms with van der Waals surface area (Å²) < 4.78 is 7.68. The Hall–Kier alpha value is -3.58. The predicted octanol–water partition coefficient (Wildman–Crippen LogP) is 4.42. The van der Waals surface area contributed by atoms with E-state index >= 15 is 0 Å². The van der Waals surface area contributed by atoms with Gasteiger partial charge in [-0.25, -0.2) is 4.68 Å². The number of para-hydroxylation sites is 1. The number of carbonyl (C=O) groups is 1. The Balaban J connectivity index is 1.26. The number of pyridine rings is 1. The fourth-order valence-electron chi connectivity index (χ4n) is 4.39. The molecule has 0 aliphatic carbocycles. The van der Waals surface area contributed by atoms with Crippen LogP contribution in [0.2, 0.25) is 5.02 Å². The average molecular weight is 476 g/mol. The van der Waals surface area contributed by atoms with Crippen molar-refractivity contribution >= 4 is 34.2 Å². The summed E-state index contributed by atoms with van der Waals surface area (Å²) in [6.07, 6.45) is 0. The van der Waals surface area contributed by atoms with Gasteiger partial charge in [0.15, 0.2) is 12.3 Å². The molecule has 0 saturated carbocycles. The van der Waals surface area contributed by atoms with Crippen LogP contribution in [0.5, 0.6) is 5.88 Å². The number of amides is 1. The lowest BCUT2D eigenvalue weighted by atomic mass is 10.2. The Labute approximate surface area is 203 Å². The molecule has 1 aliphatic heterocycles. The largest absolute Gasteiger partial charge is 0.467 e. The highest BCUT2D eigenvalue weighted by atomic mass is 35.5. The molecule has 4 aromatic rings. The molecule has 1 amide bonds. The van der Waals surface area contributed by atoms with E-state index in [1.165, 1.54) is 0 Å². The van der Waals surface area contributed by atoms with Gasteiger partial charge in [-0.15, -0.1) is 0 Å². The normalized spacial score (nSPS) is 14.0. The summed E-state index contributed by atoms with van der Waals surface area (Å²) in [6.45, 7) is 6.78. The monoisotopic (exact) mass is 475 g/mol. The van der Waals surface area contributed by atoms with Crippen LogP contribution in [0.15, 0.2) is 60.7 Å². The van der Waals surface area contributed by atoms with Gasteiger partial charge in [0.25, 0.3) is 5.91 Å². The zero-order valence-electron chi connectivity index (χ0n) is 19.2. The van der Waals surface area contributed by atoms with Crippen molar-refractivity contribution in [2.45, 2.75) is 13.8 Å². The van der Waals surface area contributed by atoms with E-state index < -0.39 is 0 Å². The lowest BCUT2D eigenvalue weighted by Gasteiger charge is -2.36. The van der Waals surface area contributed by atoms with Gasteiger partial charge in [0.05, 0.1) is 11.4 Å². The molecule has 34 heavy (non-hydrogen) atoms. The number of hydrogen-bond acceptors (Lipinski definition) is 5. The van der Waals surface area contributed by atoms with Crippen molar-refractivity contribution in [2.75, 3.05) is 37.7 Å². The van der Waals surface area contributed by atoms with Gasteiger partial charge in [-0.05, 0) is 55.8 Å². The third-order valence-corrected chi connectivity index (χ3v) is 6.41. The van der Waals surface area contributed by atoms with Crippen molar-refractivity contribution in [3.05, 3.63) is 76.9 Å². The summed E-state index contributed by atoms with van der Waals surface area (Å²) in [6, 6.07) is 19.6. The third kappa shape index (κ3) is 4.43. The summed E-state index contributed by atoms with van der Waals surface area (Å²) in [4.78, 5) is 21.6. The zero-order chi connectivity index (χ0) is 23.7. The van der Waals surface area contributed by atoms with Crippen molar-refractivity contribution in [3.8, 4) is 11.6 Å². The molecule has 3 heterocycles. The molecule has 1 aliphatic rings. The highest BCUT2D eigenvalue weighted by Crippen LogP contribution is 2.27. The number of carbonyl (C=O) groups excluding carboxylic acids is 1. The molecular weight excluding hydrogens is 450 g/mol. The molecule has 8 heteroatoms. The van der Waals surface area contributed by atoms with Gasteiger partial charge in [0.2, 0.25) is 5.88 Å². The van der Waals surface area contributed by atoms with Gasteiger partial charge >= 0.3 is 0 Å². The molecule has 174 valence electrons. The Bertz CT molecular complexity index is 1310. The molecule has 0 atom stereocenters. The lowest BCUT2D eigenvalue weighted by molar-refractivity contribution is -0.133. The first kappa shape index (κ1) is 22.2. The molecule has 1 fully saturated rings. The standard InChI is InChI=1S/C26H26ClN5O2/c1-18-16-23(28-26-25(18)19(2)29-32(26)22-6-4-3-5-7-22)34-17-24(33)31-14-12-30(13-15-31)21-10-8-20(27)9-11-21/h3-11,16H,12-15,17H2,1-2H3. The van der Waals surface area contributed by atoms with Crippen molar-refractivity contribution in [2.24, 2.45) is 0 Å². The summed E-state index contributed by atoms with van der Waals surface area (Å²) in [5, 5.41) is 6.40. The maximum atomic E-state index is 12.8. The van der Waals surface area contributed by atoms with Crippen molar-refractivity contribution in [1.82, 2.24) is 19.7 Å². The van der Waals surface area contributed by atoms with E-state index in [1.54, 1.807) is 0 Å². The fourth-order valence-corrected chi connectivity index (χ4v) is 4.52. The van der Waals surface area contributed by atoms with E-state index in [-0.39, 0.29) is 12.5 Å². The fraction of sp³-hybridized carbons (Fsp3) is 0.269. The number of nitrogens with zero attached hydrogens (tertiary/aromatic N) is 5. The number of benzene rings is 2. The average Bonchev–Trinajstić information content (AvgIpc) is 3.20. The summed E-state index contributed by atoms with van der Waals surface area (Å²) in [7, 11) is 0. The molecular formula is C26H26ClN5O2. The second-order valence-corrected chi connectivity index (χ2v) is 8.88. The van der Waals surface area contributed by atoms with Crippen molar-refractivity contribution in [1.29, 1.82) is 0 Å². The first-order valence-corrected chi connectivity index (χ1v) is 11.7. The SMILES string of the molecule is Cc1cc(OCC(=O)N2CCN(c3ccc(Cl)cc3)CC2)nc2c1c(C)nn2-c1ccccc1. The minimum atomic E-state index is -0.0443. The van der Waals surface area contributed by atoms with E-state index in [0.29, 0.717) is 19.0 Å². The van der Waals surface area contributed by atoms with Crippen LogP contribution in [0.1, 0.15) is 11.3 Å². The molecule has 0 spiro atoms. The zero-order valence-corrected chi connectivity index (χ0v) is 20.0. The number of piperazine rings is 1. The summed E-state index contributed by atoms with van der Waals surface area (Å²) >= 11 is 5.99. The molecule has 0 unspecified atom stereocenters. The summed E-state index contributed by atoms with van der Waals surface area (Å²) in [5.41, 5.74) is 4.70. The van der Waals surface area contributed by atoms with Gasteiger partial charge in [-0.3, -0.25) is 4.79 Å². The van der Waals surface area contributed by atoms with Gasteiger partial charge < -0.3 is 14.5 Å². The van der Waals surface area contributed by atoms with Gasteiger partial charge in [0, 0.05) is 48.3 Å². The number of anilines is 1. The molecule has 7 nitrogen and oxygen atoms in total. The Kier molecular flexibility index (Phi) is 6.11. The number of aryl methyl sites for hydroxylation is 2. The number of hydrogen-bond donors (Lipinski definition) is 0. The molecule has 0 N–H and O–H groups in total. The number of ether oxygens (including phenoxy) is 1. The van der Waals surface area contributed by atoms with Crippen LogP contribution >= 0.6 is 11.6 Å². The van der Waals surface area contributed by atoms with E-state index in [4.69, 9.17) is 21.3 Å². The van der Waals surface area contributed by atoms with E-state index in [2.05, 4.69) is 10.00 Å². The number of fused-ring (bicyclic) bond motifs is 1. The highest BCUT2D eigenvalue weighted by molar-refractivity contribution is 6.30. The van der Waals surface area contributed by atoms with Gasteiger partial charge in [0.1, 0.15) is 0 Å². The number of halogens is 1. The van der Waals surface area contributed by atoms with Crippen LogP contribution in [0.3, 0.4) is 0 Å². The second-order valence-electron chi connectivity index (χ2n) is 8.44. The minimum absolute atomic E-state index is 0.0388. The Morgan fingerprint density at radius 1 is 0.971 bits per heavy atom. The van der Waals surface area contributed by atoms with E-state index in [9.17, 15) is 4.79 Å². The molecule has 0 radical (unpaired) electrons. The van der Waals surface area contributed by atoms with Crippen LogP contribution in [-0.2, 0) is 4.79 Å². The third-order valence-electron chi connectivity index (χ3n) is 6.15. The quantitative estimate of drug-likeness (QED) is 0.427. The highest BCUT2D eigenvalue weighted by Gasteiger charge is 2.22. The Morgan fingerprint density at radius 2 is 1.68 bits per heavy atom. The van der Waals surface area contributed by atoms with Crippen LogP contribution < -0.4 is 9.64 Å². The smallest absolute Gasteiger partial charge is 0.260 e. The van der Waals surface area contributed by atoms with Crippen LogP contribution in [0.4, 0.5) is 5.69 Å². The lowest BCUT2D eigenvalue weighted by Crippen LogP contribution is -2.50. The molecule has 1 saturated heterocycles. The first-order chi connectivity index (χ1) is 16.5. The predicted molar refractivity (Wildman–Crippen MR) is 134 cm³/mol. The van der Waals surface area contributed by atoms with Crippen molar-refractivity contribution in [3.63, 3.8) is 0 Å². The van der Waals surface area contributed by atoms with Gasteiger partial charge in [-0.1, -0.05) is 29.8 Å². The molecule has 0 bridgehead atoms. The Morgan fingerprint density at radius 3 is 2.38 bits per heavy atom. The molecule has 2 aromatic carbocycles. The maximum absolute atomic E-state index is 12.8. The van der Waals surface area contributed by atoms with Crippen LogP contribution in [0.25, 0.3) is 16.7 Å². The van der Waals surface area contributed by atoms with Crippen molar-refractivity contribution < 1.29 is 9.53 Å². The van der Waals surface area contributed by atoms with E-state index in [1.807, 2.05) is 84.1 Å². The van der Waals surface area contributed by atoms with Crippen LogP contribution in [0, 0.1) is 13.8 Å². The maximum Gasteiger partial charge on any atom is 0.260 e. The minimum Gasteiger partial charge on any atom is -0.467 e. The molecule has 2 aromatic heterocycles. The molecule has 5 rings (SSSR count). The summed E-state index contributed by atoms with van der Waals surface area (Å²) in [5.74, 6) is 0.387. The topological polar surface area (TPSA) is 63.5 Å². The number of rotatable bonds is 5. The van der Waals surface area contributed by atoms with Crippen LogP contribution in [-0.4, -0.2) is 58.4 Å². The van der Waals surface area contributed by atoms with Gasteiger partial charge in [-0.2, -0.15) is 10.1 Å². The second kappa shape index (κ2) is 9.35. The first-order valence-electron chi connectivity index (χ1n) is 11.3. The van der Waals surface area contributed by atoms with E-state index in [0.717, 1.165) is 51.8 Å².